The topological polar surface area (TPSA) is 51.0 Å². The maximum Gasteiger partial charge on any atom is 0.223 e. The second kappa shape index (κ2) is 6.22. The molecule has 20 heavy (non-hydrogen) atoms. The van der Waals surface area contributed by atoms with E-state index in [9.17, 15) is 4.79 Å². The first-order chi connectivity index (χ1) is 9.52. The number of alkyl halides is 1. The molecule has 0 N–H and O–H groups in total. The van der Waals surface area contributed by atoms with E-state index in [2.05, 4.69) is 9.97 Å². The van der Waals surface area contributed by atoms with Gasteiger partial charge in [0.15, 0.2) is 5.65 Å². The normalized spacial score (nSPS) is 11.0. The Morgan fingerprint density at radius 3 is 2.85 bits per heavy atom. The molecule has 0 aromatic carbocycles. The maximum absolute atomic E-state index is 11.7. The quantitative estimate of drug-likeness (QED) is 0.793. The van der Waals surface area contributed by atoms with Gasteiger partial charge >= 0.3 is 0 Å². The molecular formula is C14H19ClN4O. The van der Waals surface area contributed by atoms with Crippen LogP contribution in [0.15, 0.2) is 12.3 Å². The van der Waals surface area contributed by atoms with Crippen molar-refractivity contribution in [2.75, 3.05) is 20.0 Å². The van der Waals surface area contributed by atoms with Gasteiger partial charge in [0.2, 0.25) is 5.91 Å². The van der Waals surface area contributed by atoms with E-state index in [1.54, 1.807) is 19.0 Å². The predicted octanol–water partition coefficient (Wildman–Crippen LogP) is 2.00. The van der Waals surface area contributed by atoms with E-state index in [1.165, 1.54) is 0 Å². The minimum Gasteiger partial charge on any atom is -0.349 e. The third-order valence-corrected chi connectivity index (χ3v) is 3.36. The van der Waals surface area contributed by atoms with E-state index in [0.29, 0.717) is 25.3 Å². The summed E-state index contributed by atoms with van der Waals surface area (Å²) in [5.41, 5.74) is 2.76. The van der Waals surface area contributed by atoms with Gasteiger partial charge < -0.3 is 9.47 Å². The first-order valence-electron chi connectivity index (χ1n) is 6.61. The van der Waals surface area contributed by atoms with Crippen LogP contribution in [0.3, 0.4) is 0 Å². The number of imidazole rings is 1. The SMILES string of the molecule is Cc1cnc2c(c1)nc(CCCl)n2CCC(=O)N(C)C. The van der Waals surface area contributed by atoms with Crippen molar-refractivity contribution in [1.82, 2.24) is 19.4 Å². The molecule has 1 amide bonds. The molecule has 2 rings (SSSR count). The number of halogens is 1. The molecule has 0 fully saturated rings. The first kappa shape index (κ1) is 14.8. The summed E-state index contributed by atoms with van der Waals surface area (Å²) in [7, 11) is 3.52. The zero-order valence-electron chi connectivity index (χ0n) is 12.1. The van der Waals surface area contributed by atoms with Crippen LogP contribution in [-0.2, 0) is 17.8 Å². The zero-order valence-corrected chi connectivity index (χ0v) is 12.8. The van der Waals surface area contributed by atoms with E-state index in [0.717, 1.165) is 22.6 Å². The van der Waals surface area contributed by atoms with Gasteiger partial charge in [-0.2, -0.15) is 0 Å². The number of hydrogen-bond acceptors (Lipinski definition) is 3. The Hall–Kier alpha value is -1.62. The summed E-state index contributed by atoms with van der Waals surface area (Å²) < 4.78 is 2.00. The van der Waals surface area contributed by atoms with Crippen LogP contribution in [0, 0.1) is 6.92 Å². The van der Waals surface area contributed by atoms with Crippen molar-refractivity contribution in [3.63, 3.8) is 0 Å². The number of aromatic nitrogens is 3. The van der Waals surface area contributed by atoms with Gasteiger partial charge in [-0.25, -0.2) is 9.97 Å². The number of hydrogen-bond donors (Lipinski definition) is 0. The molecule has 2 aromatic rings. The van der Waals surface area contributed by atoms with E-state index < -0.39 is 0 Å². The monoisotopic (exact) mass is 294 g/mol. The highest BCUT2D eigenvalue weighted by atomic mass is 35.5. The lowest BCUT2D eigenvalue weighted by atomic mass is 10.3. The molecule has 0 saturated carbocycles. The van der Waals surface area contributed by atoms with E-state index in [4.69, 9.17) is 11.6 Å². The molecule has 0 atom stereocenters. The molecule has 0 aliphatic carbocycles. The number of aryl methyl sites for hydroxylation is 3. The van der Waals surface area contributed by atoms with Crippen LogP contribution >= 0.6 is 11.6 Å². The number of amides is 1. The standard InChI is InChI=1S/C14H19ClN4O/c1-10-8-11-14(16-9-10)19(12(17-11)4-6-15)7-5-13(20)18(2)3/h8-9H,4-7H2,1-3H3. The van der Waals surface area contributed by atoms with Crippen molar-refractivity contribution in [2.24, 2.45) is 0 Å². The van der Waals surface area contributed by atoms with Crippen molar-refractivity contribution in [1.29, 1.82) is 0 Å². The molecule has 0 bridgehead atoms. The third-order valence-electron chi connectivity index (χ3n) is 3.17. The molecular weight excluding hydrogens is 276 g/mol. The lowest BCUT2D eigenvalue weighted by Crippen LogP contribution is -2.23. The summed E-state index contributed by atoms with van der Waals surface area (Å²) in [5.74, 6) is 1.49. The minimum atomic E-state index is 0.0933. The zero-order chi connectivity index (χ0) is 14.7. The fourth-order valence-electron chi connectivity index (χ4n) is 2.10. The van der Waals surface area contributed by atoms with Crippen molar-refractivity contribution in [2.45, 2.75) is 26.3 Å². The van der Waals surface area contributed by atoms with Crippen molar-refractivity contribution in [3.8, 4) is 0 Å². The van der Waals surface area contributed by atoms with Gasteiger partial charge in [-0.05, 0) is 18.6 Å². The summed E-state index contributed by atoms with van der Waals surface area (Å²) in [5, 5.41) is 0. The lowest BCUT2D eigenvalue weighted by Gasteiger charge is -2.12. The summed E-state index contributed by atoms with van der Waals surface area (Å²) in [4.78, 5) is 22.4. The number of carbonyl (C=O) groups excluding carboxylic acids is 1. The molecule has 0 radical (unpaired) electrons. The predicted molar refractivity (Wildman–Crippen MR) is 80.0 cm³/mol. The average molecular weight is 295 g/mol. The third kappa shape index (κ3) is 3.10. The highest BCUT2D eigenvalue weighted by molar-refractivity contribution is 6.17. The van der Waals surface area contributed by atoms with Crippen LogP contribution in [-0.4, -0.2) is 45.3 Å². The summed E-state index contributed by atoms with van der Waals surface area (Å²) in [6, 6.07) is 2.00. The molecule has 0 saturated heterocycles. The van der Waals surface area contributed by atoms with E-state index in [-0.39, 0.29) is 5.91 Å². The second-order valence-corrected chi connectivity index (χ2v) is 5.39. The van der Waals surface area contributed by atoms with Crippen LogP contribution in [0.1, 0.15) is 17.8 Å². The Balaban J connectivity index is 2.33. The number of pyridine rings is 1. The number of nitrogens with zero attached hydrogens (tertiary/aromatic N) is 4. The maximum atomic E-state index is 11.7. The van der Waals surface area contributed by atoms with Gasteiger partial charge in [-0.1, -0.05) is 0 Å². The summed E-state index contributed by atoms with van der Waals surface area (Å²) in [6.45, 7) is 2.57. The highest BCUT2D eigenvalue weighted by Gasteiger charge is 2.13. The van der Waals surface area contributed by atoms with Gasteiger partial charge in [0.25, 0.3) is 0 Å². The van der Waals surface area contributed by atoms with Gasteiger partial charge in [-0.15, -0.1) is 11.6 Å². The van der Waals surface area contributed by atoms with Crippen molar-refractivity contribution in [3.05, 3.63) is 23.7 Å². The Bertz CT molecular complexity index is 621. The van der Waals surface area contributed by atoms with E-state index in [1.807, 2.05) is 23.8 Å². The molecule has 108 valence electrons. The van der Waals surface area contributed by atoms with Gasteiger partial charge in [0.1, 0.15) is 11.3 Å². The van der Waals surface area contributed by atoms with Crippen molar-refractivity contribution < 1.29 is 4.79 Å². The summed E-state index contributed by atoms with van der Waals surface area (Å²) >= 11 is 5.83. The van der Waals surface area contributed by atoms with Gasteiger partial charge in [-0.3, -0.25) is 4.79 Å². The van der Waals surface area contributed by atoms with Crippen LogP contribution in [0.5, 0.6) is 0 Å². The van der Waals surface area contributed by atoms with Crippen LogP contribution in [0.25, 0.3) is 11.2 Å². The first-order valence-corrected chi connectivity index (χ1v) is 7.14. The largest absolute Gasteiger partial charge is 0.349 e. The number of fused-ring (bicyclic) bond motifs is 1. The second-order valence-electron chi connectivity index (χ2n) is 5.01. The van der Waals surface area contributed by atoms with Crippen LogP contribution in [0.2, 0.25) is 0 Å². The van der Waals surface area contributed by atoms with Gasteiger partial charge in [0, 0.05) is 45.6 Å². The minimum absolute atomic E-state index is 0.0933. The molecule has 2 aromatic heterocycles. The van der Waals surface area contributed by atoms with Crippen LogP contribution in [0.4, 0.5) is 0 Å². The fourth-order valence-corrected chi connectivity index (χ4v) is 2.27. The van der Waals surface area contributed by atoms with Gasteiger partial charge in [0.05, 0.1) is 0 Å². The Morgan fingerprint density at radius 2 is 2.20 bits per heavy atom. The molecule has 0 unspecified atom stereocenters. The Morgan fingerprint density at radius 1 is 1.45 bits per heavy atom. The molecule has 6 heteroatoms. The molecule has 5 nitrogen and oxygen atoms in total. The number of rotatable bonds is 5. The summed E-state index contributed by atoms with van der Waals surface area (Å²) in [6.07, 6.45) is 2.93. The smallest absolute Gasteiger partial charge is 0.223 e. The molecule has 0 aliphatic rings. The average Bonchev–Trinajstić information content (AvgIpc) is 2.72. The van der Waals surface area contributed by atoms with Crippen LogP contribution < -0.4 is 0 Å². The number of carbonyl (C=O) groups is 1. The fraction of sp³-hybridized carbons (Fsp3) is 0.500. The van der Waals surface area contributed by atoms with E-state index >= 15 is 0 Å². The molecule has 2 heterocycles. The Labute approximate surface area is 123 Å². The van der Waals surface area contributed by atoms with Crippen molar-refractivity contribution >= 4 is 28.7 Å². The lowest BCUT2D eigenvalue weighted by molar-refractivity contribution is -0.128. The Kier molecular flexibility index (Phi) is 4.60. The molecule has 0 aliphatic heterocycles. The molecule has 0 spiro atoms. The highest BCUT2D eigenvalue weighted by Crippen LogP contribution is 2.17.